The highest BCUT2D eigenvalue weighted by atomic mass is 35.5. The zero-order valence-electron chi connectivity index (χ0n) is 10.6. The number of carbonyl (C=O) groups is 1. The first-order chi connectivity index (χ1) is 8.95. The van der Waals surface area contributed by atoms with Gasteiger partial charge < -0.3 is 11.1 Å². The number of fused-ring (bicyclic) bond motifs is 1. The Balaban J connectivity index is 2.56. The highest BCUT2D eigenvalue weighted by Crippen LogP contribution is 2.30. The number of rotatable bonds is 3. The van der Waals surface area contributed by atoms with Crippen LogP contribution in [0.3, 0.4) is 0 Å². The molecule has 0 spiro atoms. The second-order valence-corrected chi connectivity index (χ2v) is 4.98. The number of amides is 1. The zero-order valence-corrected chi connectivity index (χ0v) is 12.1. The molecule has 0 fully saturated rings. The summed E-state index contributed by atoms with van der Waals surface area (Å²) in [6, 6.07) is 2.83. The van der Waals surface area contributed by atoms with E-state index >= 15 is 0 Å². The van der Waals surface area contributed by atoms with Gasteiger partial charge >= 0.3 is 0 Å². The molecule has 0 saturated heterocycles. The van der Waals surface area contributed by atoms with Crippen LogP contribution in [0.1, 0.15) is 19.9 Å². The molecular formula is C12H14Cl2N4O. The van der Waals surface area contributed by atoms with Crippen LogP contribution in [0.4, 0.5) is 5.95 Å². The number of anilines is 1. The number of likely N-dealkylation sites (N-methyl/N-ethyl adjacent to an activating group) is 1. The first kappa shape index (κ1) is 14.0. The predicted molar refractivity (Wildman–Crippen MR) is 77.6 cm³/mol. The molecule has 0 saturated carbocycles. The second-order valence-electron chi connectivity index (χ2n) is 4.17. The van der Waals surface area contributed by atoms with Crippen LogP contribution in [-0.2, 0) is 4.79 Å². The number of nitrogens with zero attached hydrogens (tertiary/aromatic N) is 2. The van der Waals surface area contributed by atoms with Crippen molar-refractivity contribution in [3.63, 3.8) is 0 Å². The average molecular weight is 301 g/mol. The summed E-state index contributed by atoms with van der Waals surface area (Å²) in [5.41, 5.74) is 7.17. The first-order valence-electron chi connectivity index (χ1n) is 5.85. The molecule has 0 bridgehead atoms. The smallest absolute Gasteiger partial charge is 0.242 e. The summed E-state index contributed by atoms with van der Waals surface area (Å²) in [6.07, 6.45) is 0. The first-order valence-corrected chi connectivity index (χ1v) is 6.61. The molecule has 1 unspecified atom stereocenters. The van der Waals surface area contributed by atoms with Crippen LogP contribution in [0.25, 0.3) is 11.0 Å². The third kappa shape index (κ3) is 2.48. The van der Waals surface area contributed by atoms with Gasteiger partial charge in [0, 0.05) is 6.54 Å². The molecule has 19 heavy (non-hydrogen) atoms. The van der Waals surface area contributed by atoms with Gasteiger partial charge in [0.25, 0.3) is 0 Å². The van der Waals surface area contributed by atoms with Crippen molar-refractivity contribution in [2.45, 2.75) is 19.9 Å². The molecular weight excluding hydrogens is 287 g/mol. The Labute approximate surface area is 120 Å². The minimum atomic E-state index is -0.470. The van der Waals surface area contributed by atoms with Crippen molar-refractivity contribution in [1.29, 1.82) is 0 Å². The van der Waals surface area contributed by atoms with Crippen LogP contribution >= 0.6 is 23.2 Å². The monoisotopic (exact) mass is 300 g/mol. The maximum atomic E-state index is 11.9. The van der Waals surface area contributed by atoms with Gasteiger partial charge in [-0.3, -0.25) is 9.36 Å². The number of benzene rings is 1. The standard InChI is InChI=1S/C12H14Cl2N4O/c1-3-16-11(19)6(2)18-10-5-8(14)7(13)4-9(10)17-12(18)15/h4-6H,3H2,1-2H3,(H2,15,17)(H,16,19). The summed E-state index contributed by atoms with van der Waals surface area (Å²) in [5.74, 6) is 0.131. The van der Waals surface area contributed by atoms with Gasteiger partial charge in [-0.25, -0.2) is 4.98 Å². The minimum absolute atomic E-state index is 0.125. The Morgan fingerprint density at radius 3 is 2.74 bits per heavy atom. The maximum Gasteiger partial charge on any atom is 0.242 e. The Kier molecular flexibility index (Phi) is 3.87. The van der Waals surface area contributed by atoms with Crippen LogP contribution in [0.2, 0.25) is 10.0 Å². The van der Waals surface area contributed by atoms with E-state index in [1.807, 2.05) is 6.92 Å². The van der Waals surface area contributed by atoms with Gasteiger partial charge in [0.05, 0.1) is 21.1 Å². The molecule has 0 radical (unpaired) electrons. The fourth-order valence-electron chi connectivity index (χ4n) is 1.96. The number of hydrogen-bond acceptors (Lipinski definition) is 3. The highest BCUT2D eigenvalue weighted by Gasteiger charge is 2.20. The molecule has 3 N–H and O–H groups in total. The van der Waals surface area contributed by atoms with E-state index in [4.69, 9.17) is 28.9 Å². The Morgan fingerprint density at radius 2 is 2.11 bits per heavy atom. The van der Waals surface area contributed by atoms with Gasteiger partial charge in [-0.05, 0) is 26.0 Å². The summed E-state index contributed by atoms with van der Waals surface area (Å²) < 4.78 is 1.64. The average Bonchev–Trinajstić information content (AvgIpc) is 2.65. The van der Waals surface area contributed by atoms with Crippen molar-refractivity contribution in [1.82, 2.24) is 14.9 Å². The quantitative estimate of drug-likeness (QED) is 0.915. The normalized spacial score (nSPS) is 12.6. The van der Waals surface area contributed by atoms with Gasteiger partial charge in [-0.2, -0.15) is 0 Å². The summed E-state index contributed by atoms with van der Waals surface area (Å²) in [4.78, 5) is 16.1. The number of imidazole rings is 1. The molecule has 0 aliphatic rings. The lowest BCUT2D eigenvalue weighted by atomic mass is 10.2. The molecule has 1 aromatic heterocycles. The molecule has 0 aliphatic carbocycles. The van der Waals surface area contributed by atoms with Crippen LogP contribution in [0.5, 0.6) is 0 Å². The highest BCUT2D eigenvalue weighted by molar-refractivity contribution is 6.42. The van der Waals surface area contributed by atoms with E-state index in [-0.39, 0.29) is 11.9 Å². The van der Waals surface area contributed by atoms with Crippen molar-refractivity contribution in [2.75, 3.05) is 12.3 Å². The SMILES string of the molecule is CCNC(=O)C(C)n1c(N)nc2cc(Cl)c(Cl)cc21. The van der Waals surface area contributed by atoms with Crippen molar-refractivity contribution in [2.24, 2.45) is 0 Å². The van der Waals surface area contributed by atoms with E-state index in [0.717, 1.165) is 0 Å². The maximum absolute atomic E-state index is 11.9. The number of aromatic nitrogens is 2. The number of halogens is 2. The molecule has 2 aromatic rings. The minimum Gasteiger partial charge on any atom is -0.369 e. The molecule has 102 valence electrons. The third-order valence-electron chi connectivity index (χ3n) is 2.88. The van der Waals surface area contributed by atoms with Crippen LogP contribution in [-0.4, -0.2) is 22.0 Å². The largest absolute Gasteiger partial charge is 0.369 e. The number of nitrogen functional groups attached to an aromatic ring is 1. The summed E-state index contributed by atoms with van der Waals surface area (Å²) >= 11 is 11.9. The van der Waals surface area contributed by atoms with Gasteiger partial charge in [0.15, 0.2) is 0 Å². The molecule has 7 heteroatoms. The van der Waals surface area contributed by atoms with Crippen molar-refractivity contribution in [3.8, 4) is 0 Å². The predicted octanol–water partition coefficient (Wildman–Crippen LogP) is 2.62. The molecule has 1 aromatic carbocycles. The van der Waals surface area contributed by atoms with E-state index in [2.05, 4.69) is 10.3 Å². The third-order valence-corrected chi connectivity index (χ3v) is 3.60. The van der Waals surface area contributed by atoms with Crippen molar-refractivity contribution < 1.29 is 4.79 Å². The Hall–Kier alpha value is -1.46. The Bertz CT molecular complexity index is 638. The number of nitrogens with one attached hydrogen (secondary N) is 1. The van der Waals surface area contributed by atoms with E-state index in [1.54, 1.807) is 23.6 Å². The van der Waals surface area contributed by atoms with Crippen molar-refractivity contribution >= 4 is 46.1 Å². The summed E-state index contributed by atoms with van der Waals surface area (Å²) in [6.45, 7) is 4.17. The van der Waals surface area contributed by atoms with Crippen molar-refractivity contribution in [3.05, 3.63) is 22.2 Å². The van der Waals surface area contributed by atoms with Gasteiger partial charge in [-0.15, -0.1) is 0 Å². The topological polar surface area (TPSA) is 72.9 Å². The number of nitrogens with two attached hydrogens (primary N) is 1. The number of hydrogen-bond donors (Lipinski definition) is 2. The number of carbonyl (C=O) groups excluding carboxylic acids is 1. The summed E-state index contributed by atoms with van der Waals surface area (Å²) in [5, 5.41) is 3.56. The van der Waals surface area contributed by atoms with Gasteiger partial charge in [0.2, 0.25) is 11.9 Å². The molecule has 1 amide bonds. The lowest BCUT2D eigenvalue weighted by Crippen LogP contribution is -2.31. The molecule has 5 nitrogen and oxygen atoms in total. The van der Waals surface area contributed by atoms with Crippen LogP contribution in [0, 0.1) is 0 Å². The second kappa shape index (κ2) is 5.27. The molecule has 1 heterocycles. The Morgan fingerprint density at radius 1 is 1.47 bits per heavy atom. The van der Waals surface area contributed by atoms with Crippen LogP contribution in [0.15, 0.2) is 12.1 Å². The van der Waals surface area contributed by atoms with E-state index in [1.165, 1.54) is 0 Å². The lowest BCUT2D eigenvalue weighted by Gasteiger charge is -2.15. The lowest BCUT2D eigenvalue weighted by molar-refractivity contribution is -0.123. The van der Waals surface area contributed by atoms with Gasteiger partial charge in [-0.1, -0.05) is 23.2 Å². The summed E-state index contributed by atoms with van der Waals surface area (Å²) in [7, 11) is 0. The fourth-order valence-corrected chi connectivity index (χ4v) is 2.27. The molecule has 0 aliphatic heterocycles. The fraction of sp³-hybridized carbons (Fsp3) is 0.333. The van der Waals surface area contributed by atoms with Gasteiger partial charge in [0.1, 0.15) is 6.04 Å². The van der Waals surface area contributed by atoms with E-state index in [0.29, 0.717) is 27.6 Å². The molecule has 1 atom stereocenters. The zero-order chi connectivity index (χ0) is 14.2. The van der Waals surface area contributed by atoms with E-state index in [9.17, 15) is 4.79 Å². The molecule has 2 rings (SSSR count). The van der Waals surface area contributed by atoms with E-state index < -0.39 is 6.04 Å². The van der Waals surface area contributed by atoms with Crippen LogP contribution < -0.4 is 11.1 Å².